The zero-order chi connectivity index (χ0) is 29.0. The van der Waals surface area contributed by atoms with E-state index in [1.807, 2.05) is 42.2 Å². The van der Waals surface area contributed by atoms with Crippen molar-refractivity contribution >= 4 is 35.1 Å². The number of carboxylic acid groups (broad SMARTS) is 1. The molecule has 9 heteroatoms. The van der Waals surface area contributed by atoms with E-state index in [1.54, 1.807) is 12.1 Å². The van der Waals surface area contributed by atoms with Crippen LogP contribution in [0.4, 0.5) is 11.4 Å². The minimum atomic E-state index is -1.02. The number of piperazine rings is 1. The molecule has 1 saturated heterocycles. The normalized spacial score (nSPS) is 16.3. The Hall–Kier alpha value is -3.88. The third-order valence-corrected chi connectivity index (χ3v) is 7.28. The van der Waals surface area contributed by atoms with Crippen molar-refractivity contribution in [2.24, 2.45) is 11.3 Å². The van der Waals surface area contributed by atoms with Crippen molar-refractivity contribution in [3.05, 3.63) is 59.2 Å². The summed E-state index contributed by atoms with van der Waals surface area (Å²) in [5, 5.41) is 15.3. The fourth-order valence-electron chi connectivity index (χ4n) is 4.86. The van der Waals surface area contributed by atoms with Crippen molar-refractivity contribution in [2.45, 2.75) is 59.4 Å². The van der Waals surface area contributed by atoms with Crippen LogP contribution in [0.5, 0.6) is 0 Å². The lowest BCUT2D eigenvalue weighted by Crippen LogP contribution is -2.49. The van der Waals surface area contributed by atoms with E-state index in [0.29, 0.717) is 49.4 Å². The van der Waals surface area contributed by atoms with Gasteiger partial charge in [-0.05, 0) is 48.9 Å². The lowest BCUT2D eigenvalue weighted by Gasteiger charge is -2.38. The van der Waals surface area contributed by atoms with Gasteiger partial charge in [-0.2, -0.15) is 0 Å². The largest absolute Gasteiger partial charge is 0.481 e. The van der Waals surface area contributed by atoms with E-state index in [-0.39, 0.29) is 29.6 Å². The number of nitrogens with one attached hydrogen (secondary N) is 2. The van der Waals surface area contributed by atoms with Gasteiger partial charge in [0.2, 0.25) is 11.8 Å². The molecule has 0 bridgehead atoms. The van der Waals surface area contributed by atoms with Gasteiger partial charge in [0.25, 0.3) is 5.91 Å². The smallest absolute Gasteiger partial charge is 0.305 e. The molecule has 1 heterocycles. The second-order valence-electron chi connectivity index (χ2n) is 12.1. The Balaban J connectivity index is 1.52. The first-order valence-corrected chi connectivity index (χ1v) is 14.0. The van der Waals surface area contributed by atoms with Gasteiger partial charge in [-0.25, -0.2) is 0 Å². The van der Waals surface area contributed by atoms with Crippen LogP contribution in [0.25, 0.3) is 0 Å². The molecule has 2 fully saturated rings. The molecule has 1 aliphatic carbocycles. The highest BCUT2D eigenvalue weighted by atomic mass is 16.4. The number of amides is 3. The van der Waals surface area contributed by atoms with Crippen LogP contribution in [-0.4, -0.2) is 59.9 Å². The fraction of sp³-hybridized carbons (Fsp3) is 0.484. The van der Waals surface area contributed by atoms with Crippen molar-refractivity contribution in [2.75, 3.05) is 36.4 Å². The van der Waals surface area contributed by atoms with Gasteiger partial charge in [-0.15, -0.1) is 0 Å². The zero-order valence-electron chi connectivity index (χ0n) is 23.8. The van der Waals surface area contributed by atoms with Crippen LogP contribution in [0, 0.1) is 18.3 Å². The summed E-state index contributed by atoms with van der Waals surface area (Å²) < 4.78 is 0. The minimum Gasteiger partial charge on any atom is -0.481 e. The number of hydrogen-bond acceptors (Lipinski definition) is 5. The van der Waals surface area contributed by atoms with Crippen LogP contribution in [0.2, 0.25) is 0 Å². The van der Waals surface area contributed by atoms with Gasteiger partial charge >= 0.3 is 5.97 Å². The highest BCUT2D eigenvalue weighted by molar-refractivity contribution is 6.01. The number of aryl methyl sites for hydroxylation is 1. The number of anilines is 2. The molecule has 214 valence electrons. The molecule has 0 spiro atoms. The van der Waals surface area contributed by atoms with E-state index < -0.39 is 17.9 Å². The summed E-state index contributed by atoms with van der Waals surface area (Å²) in [7, 11) is 0. The highest BCUT2D eigenvalue weighted by Crippen LogP contribution is 2.34. The lowest BCUT2D eigenvalue weighted by molar-refractivity contribution is -0.137. The Labute approximate surface area is 235 Å². The van der Waals surface area contributed by atoms with Crippen LogP contribution in [0.3, 0.4) is 0 Å². The van der Waals surface area contributed by atoms with E-state index in [1.165, 1.54) is 0 Å². The van der Waals surface area contributed by atoms with Crippen molar-refractivity contribution in [1.29, 1.82) is 0 Å². The number of carbonyl (C=O) groups is 4. The molecule has 40 heavy (non-hydrogen) atoms. The van der Waals surface area contributed by atoms with Crippen molar-refractivity contribution in [3.8, 4) is 0 Å². The van der Waals surface area contributed by atoms with Gasteiger partial charge in [0.15, 0.2) is 0 Å². The van der Waals surface area contributed by atoms with E-state index in [4.69, 9.17) is 0 Å². The molecule has 2 aromatic carbocycles. The number of rotatable bonds is 9. The zero-order valence-corrected chi connectivity index (χ0v) is 23.8. The average molecular weight is 549 g/mol. The summed E-state index contributed by atoms with van der Waals surface area (Å²) in [5.41, 5.74) is 3.34. The number of hydrogen-bond donors (Lipinski definition) is 3. The Morgan fingerprint density at radius 1 is 0.975 bits per heavy atom. The molecule has 4 rings (SSSR count). The first kappa shape index (κ1) is 29.1. The number of aliphatic carboxylic acids is 1. The van der Waals surface area contributed by atoms with E-state index >= 15 is 0 Å². The van der Waals surface area contributed by atoms with Crippen LogP contribution < -0.4 is 15.5 Å². The molecular weight excluding hydrogens is 508 g/mol. The maximum absolute atomic E-state index is 13.3. The number of nitrogens with zero attached hydrogens (tertiary/aromatic N) is 2. The quantitative estimate of drug-likeness (QED) is 0.428. The van der Waals surface area contributed by atoms with Crippen LogP contribution in [0.1, 0.15) is 74.0 Å². The third kappa shape index (κ3) is 7.83. The van der Waals surface area contributed by atoms with Crippen LogP contribution in [-0.2, 0) is 14.4 Å². The van der Waals surface area contributed by atoms with Gasteiger partial charge in [0, 0.05) is 44.1 Å². The molecule has 2 aromatic rings. The SMILES string of the molecule is Cc1ccc(C(CC(=O)O)NC(=O)c2ccc(N3CCN(C(=O)CC(C)(C)C)CC3)c(NC(=O)C3CC3)c2)cc1. The third-order valence-electron chi connectivity index (χ3n) is 7.28. The van der Waals surface area contributed by atoms with Gasteiger partial charge in [-0.3, -0.25) is 19.2 Å². The van der Waals surface area contributed by atoms with Gasteiger partial charge in [-0.1, -0.05) is 50.6 Å². The summed E-state index contributed by atoms with van der Waals surface area (Å²) in [5.74, 6) is -1.37. The molecular formula is C31H40N4O5. The number of benzene rings is 2. The summed E-state index contributed by atoms with van der Waals surface area (Å²) in [6, 6.07) is 11.9. The summed E-state index contributed by atoms with van der Waals surface area (Å²) in [4.78, 5) is 54.3. The lowest BCUT2D eigenvalue weighted by atomic mass is 9.91. The maximum Gasteiger partial charge on any atom is 0.305 e. The monoisotopic (exact) mass is 548 g/mol. The molecule has 0 radical (unpaired) electrons. The van der Waals surface area contributed by atoms with Crippen molar-refractivity contribution in [3.63, 3.8) is 0 Å². The van der Waals surface area contributed by atoms with Gasteiger partial charge in [0.05, 0.1) is 23.8 Å². The maximum atomic E-state index is 13.3. The van der Waals surface area contributed by atoms with Gasteiger partial charge in [0.1, 0.15) is 0 Å². The molecule has 1 unspecified atom stereocenters. The molecule has 3 amide bonds. The highest BCUT2D eigenvalue weighted by Gasteiger charge is 2.31. The molecule has 1 atom stereocenters. The second kappa shape index (κ2) is 12.1. The van der Waals surface area contributed by atoms with Crippen LogP contribution in [0.15, 0.2) is 42.5 Å². The van der Waals surface area contributed by atoms with Crippen molar-refractivity contribution < 1.29 is 24.3 Å². The van der Waals surface area contributed by atoms with E-state index in [2.05, 4.69) is 36.3 Å². The molecule has 3 N–H and O–H groups in total. The molecule has 0 aromatic heterocycles. The predicted molar refractivity (Wildman–Crippen MR) is 154 cm³/mol. The molecule has 9 nitrogen and oxygen atoms in total. The average Bonchev–Trinajstić information content (AvgIpc) is 3.73. The molecule has 1 saturated carbocycles. The Bertz CT molecular complexity index is 1260. The molecule has 1 aliphatic heterocycles. The summed E-state index contributed by atoms with van der Waals surface area (Å²) in [6.45, 7) is 10.5. The second-order valence-corrected chi connectivity index (χ2v) is 12.1. The first-order valence-electron chi connectivity index (χ1n) is 14.0. The van der Waals surface area contributed by atoms with E-state index in [9.17, 15) is 24.3 Å². The van der Waals surface area contributed by atoms with Crippen LogP contribution >= 0.6 is 0 Å². The Kier molecular flexibility index (Phi) is 8.81. The Morgan fingerprint density at radius 3 is 2.20 bits per heavy atom. The fourth-order valence-corrected chi connectivity index (χ4v) is 4.86. The number of carbonyl (C=O) groups excluding carboxylic acids is 3. The predicted octanol–water partition coefficient (Wildman–Crippen LogP) is 4.37. The standard InChI is InChI=1S/C31H40N4O5/c1-20-5-7-21(8-6-20)24(18-28(37)38)32-30(40)23-11-12-26(25(17-23)33-29(39)22-9-10-22)34-13-15-35(16-14-34)27(36)19-31(2,3)4/h5-8,11-12,17,22,24H,9-10,13-16,18-19H2,1-4H3,(H,32,40)(H,33,39)(H,37,38). The van der Waals surface area contributed by atoms with Gasteiger partial charge < -0.3 is 25.5 Å². The summed E-state index contributed by atoms with van der Waals surface area (Å²) in [6.07, 6.45) is 1.94. The first-order chi connectivity index (χ1) is 18.9. The summed E-state index contributed by atoms with van der Waals surface area (Å²) >= 11 is 0. The topological polar surface area (TPSA) is 119 Å². The Morgan fingerprint density at radius 2 is 1.62 bits per heavy atom. The van der Waals surface area contributed by atoms with Crippen molar-refractivity contribution in [1.82, 2.24) is 10.2 Å². The number of carboxylic acids is 1. The molecule has 2 aliphatic rings. The minimum absolute atomic E-state index is 0.0151. The van der Waals surface area contributed by atoms with E-state index in [0.717, 1.165) is 24.1 Å².